The van der Waals surface area contributed by atoms with Crippen molar-refractivity contribution in [2.45, 2.75) is 6.42 Å². The molecule has 2 heterocycles. The molecule has 29 heavy (non-hydrogen) atoms. The average molecular weight is 417 g/mol. The number of morpholine rings is 1. The third kappa shape index (κ3) is 4.95. The molecule has 1 aliphatic heterocycles. The average Bonchev–Trinajstić information content (AvgIpc) is 3.13. The van der Waals surface area contributed by atoms with Crippen LogP contribution in [0.5, 0.6) is 0 Å². The third-order valence-corrected chi connectivity index (χ3v) is 5.92. The number of halogens is 2. The van der Waals surface area contributed by atoms with Crippen LogP contribution in [-0.4, -0.2) is 55.2 Å². The van der Waals surface area contributed by atoms with Gasteiger partial charge in [-0.3, -0.25) is 14.6 Å². The number of fused-ring (bicyclic) bond motifs is 1. The SMILES string of the molecule is O=C(Cc1ccc(F)cc1)N(CCN1CCOCC1)c1nc2ccc(F)cc2s1. The summed E-state index contributed by atoms with van der Waals surface area (Å²) in [5.74, 6) is -0.784. The van der Waals surface area contributed by atoms with Gasteiger partial charge in [-0.05, 0) is 35.9 Å². The number of benzene rings is 2. The number of hydrogen-bond acceptors (Lipinski definition) is 5. The molecule has 0 bridgehead atoms. The predicted octanol–water partition coefficient (Wildman–Crippen LogP) is 3.48. The van der Waals surface area contributed by atoms with Crippen LogP contribution in [0.15, 0.2) is 42.5 Å². The van der Waals surface area contributed by atoms with E-state index in [0.29, 0.717) is 41.7 Å². The molecule has 5 nitrogen and oxygen atoms in total. The largest absolute Gasteiger partial charge is 0.379 e. The Bertz CT molecular complexity index is 987. The van der Waals surface area contributed by atoms with Gasteiger partial charge in [-0.2, -0.15) is 0 Å². The maximum Gasteiger partial charge on any atom is 0.233 e. The van der Waals surface area contributed by atoms with Crippen LogP contribution in [0.1, 0.15) is 5.56 Å². The number of amides is 1. The van der Waals surface area contributed by atoms with Gasteiger partial charge in [0.1, 0.15) is 11.6 Å². The number of anilines is 1. The third-order valence-electron chi connectivity index (χ3n) is 4.88. The number of carbonyl (C=O) groups is 1. The van der Waals surface area contributed by atoms with Crippen LogP contribution in [0, 0.1) is 11.6 Å². The fourth-order valence-corrected chi connectivity index (χ4v) is 4.30. The van der Waals surface area contributed by atoms with Crippen molar-refractivity contribution >= 4 is 32.6 Å². The normalized spacial score (nSPS) is 15.0. The highest BCUT2D eigenvalue weighted by molar-refractivity contribution is 7.22. The van der Waals surface area contributed by atoms with Gasteiger partial charge in [0.05, 0.1) is 29.9 Å². The monoisotopic (exact) mass is 417 g/mol. The summed E-state index contributed by atoms with van der Waals surface area (Å²) in [7, 11) is 0. The topological polar surface area (TPSA) is 45.7 Å². The van der Waals surface area contributed by atoms with E-state index in [9.17, 15) is 13.6 Å². The lowest BCUT2D eigenvalue weighted by Crippen LogP contribution is -2.43. The van der Waals surface area contributed by atoms with E-state index in [4.69, 9.17) is 4.74 Å². The van der Waals surface area contributed by atoms with Crippen molar-refractivity contribution in [1.29, 1.82) is 0 Å². The van der Waals surface area contributed by atoms with Crippen molar-refractivity contribution < 1.29 is 18.3 Å². The maximum atomic E-state index is 13.6. The smallest absolute Gasteiger partial charge is 0.233 e. The molecule has 1 saturated heterocycles. The summed E-state index contributed by atoms with van der Waals surface area (Å²) in [5, 5.41) is 0.547. The van der Waals surface area contributed by atoms with Crippen LogP contribution in [0.3, 0.4) is 0 Å². The summed E-state index contributed by atoms with van der Waals surface area (Å²) in [4.78, 5) is 21.5. The van der Waals surface area contributed by atoms with Crippen molar-refractivity contribution in [1.82, 2.24) is 9.88 Å². The number of hydrogen-bond donors (Lipinski definition) is 0. The zero-order valence-corrected chi connectivity index (χ0v) is 16.6. The van der Waals surface area contributed by atoms with Gasteiger partial charge < -0.3 is 4.74 Å². The first-order chi connectivity index (χ1) is 14.1. The molecule has 0 saturated carbocycles. The fraction of sp³-hybridized carbons (Fsp3) is 0.333. The highest BCUT2D eigenvalue weighted by Gasteiger charge is 2.22. The highest BCUT2D eigenvalue weighted by atomic mass is 32.1. The number of rotatable bonds is 6. The summed E-state index contributed by atoms with van der Waals surface area (Å²) >= 11 is 1.30. The Morgan fingerprint density at radius 1 is 1.10 bits per heavy atom. The molecule has 1 aromatic heterocycles. The van der Waals surface area contributed by atoms with Crippen LogP contribution in [0.2, 0.25) is 0 Å². The van der Waals surface area contributed by atoms with E-state index < -0.39 is 0 Å². The van der Waals surface area contributed by atoms with Crippen molar-refractivity contribution in [2.75, 3.05) is 44.3 Å². The standard InChI is InChI=1S/C21H21F2N3O2S/c22-16-3-1-15(2-4-16)13-20(27)26(8-7-25-9-11-28-12-10-25)21-24-18-6-5-17(23)14-19(18)29-21/h1-6,14H,7-13H2. The minimum atomic E-state index is -0.335. The van der Waals surface area contributed by atoms with E-state index in [0.717, 1.165) is 18.7 Å². The Hall–Kier alpha value is -2.42. The van der Waals surface area contributed by atoms with Gasteiger partial charge in [0.15, 0.2) is 5.13 Å². The molecular formula is C21H21F2N3O2S. The van der Waals surface area contributed by atoms with Crippen LogP contribution in [0.25, 0.3) is 10.2 Å². The van der Waals surface area contributed by atoms with Gasteiger partial charge >= 0.3 is 0 Å². The summed E-state index contributed by atoms with van der Waals surface area (Å²) in [5.41, 5.74) is 1.40. The van der Waals surface area contributed by atoms with Crippen LogP contribution < -0.4 is 4.90 Å². The molecule has 3 aromatic rings. The van der Waals surface area contributed by atoms with Crippen LogP contribution in [0.4, 0.5) is 13.9 Å². The molecule has 0 unspecified atom stereocenters. The second-order valence-electron chi connectivity index (χ2n) is 6.91. The van der Waals surface area contributed by atoms with E-state index in [-0.39, 0.29) is 24.0 Å². The molecular weight excluding hydrogens is 396 g/mol. The molecule has 2 aromatic carbocycles. The molecule has 0 aliphatic carbocycles. The zero-order valence-electron chi connectivity index (χ0n) is 15.8. The van der Waals surface area contributed by atoms with Crippen molar-refractivity contribution in [3.05, 3.63) is 59.7 Å². The molecule has 1 fully saturated rings. The Balaban J connectivity index is 1.56. The van der Waals surface area contributed by atoms with E-state index in [2.05, 4.69) is 9.88 Å². The molecule has 0 atom stereocenters. The van der Waals surface area contributed by atoms with Crippen LogP contribution >= 0.6 is 11.3 Å². The molecule has 1 aliphatic rings. The Labute approximate surface area is 171 Å². The number of ether oxygens (including phenoxy) is 1. The number of aromatic nitrogens is 1. The van der Waals surface area contributed by atoms with Gasteiger partial charge in [0, 0.05) is 26.2 Å². The van der Waals surface area contributed by atoms with Gasteiger partial charge in [-0.25, -0.2) is 13.8 Å². The van der Waals surface area contributed by atoms with E-state index >= 15 is 0 Å². The molecule has 152 valence electrons. The highest BCUT2D eigenvalue weighted by Crippen LogP contribution is 2.30. The molecule has 0 radical (unpaired) electrons. The summed E-state index contributed by atoms with van der Waals surface area (Å²) in [6, 6.07) is 10.3. The second-order valence-corrected chi connectivity index (χ2v) is 7.92. The lowest BCUT2D eigenvalue weighted by molar-refractivity contribution is -0.118. The minimum Gasteiger partial charge on any atom is -0.379 e. The number of nitrogens with zero attached hydrogens (tertiary/aromatic N) is 3. The summed E-state index contributed by atoms with van der Waals surface area (Å²) in [6.45, 7) is 4.19. The fourth-order valence-electron chi connectivity index (χ4n) is 3.27. The Kier molecular flexibility index (Phi) is 6.13. The first-order valence-corrected chi connectivity index (χ1v) is 10.3. The van der Waals surface area contributed by atoms with Crippen molar-refractivity contribution in [3.8, 4) is 0 Å². The van der Waals surface area contributed by atoms with Gasteiger partial charge in [0.2, 0.25) is 5.91 Å². The lowest BCUT2D eigenvalue weighted by Gasteiger charge is -2.29. The predicted molar refractivity (Wildman–Crippen MR) is 109 cm³/mol. The minimum absolute atomic E-state index is 0.121. The lowest BCUT2D eigenvalue weighted by atomic mass is 10.1. The maximum absolute atomic E-state index is 13.6. The summed E-state index contributed by atoms with van der Waals surface area (Å²) < 4.78 is 32.8. The Morgan fingerprint density at radius 3 is 2.59 bits per heavy atom. The van der Waals surface area contributed by atoms with E-state index in [1.165, 1.54) is 35.6 Å². The van der Waals surface area contributed by atoms with Gasteiger partial charge in [0.25, 0.3) is 0 Å². The summed E-state index contributed by atoms with van der Waals surface area (Å²) in [6.07, 6.45) is 0.147. The van der Waals surface area contributed by atoms with E-state index in [1.807, 2.05) is 0 Å². The molecule has 0 spiro atoms. The first kappa shape index (κ1) is 19.9. The molecule has 1 amide bonds. The first-order valence-electron chi connectivity index (χ1n) is 9.49. The zero-order chi connectivity index (χ0) is 20.2. The molecule has 0 N–H and O–H groups in total. The number of thiazole rings is 1. The van der Waals surface area contributed by atoms with Gasteiger partial charge in [-0.15, -0.1) is 0 Å². The number of carbonyl (C=O) groups excluding carboxylic acids is 1. The Morgan fingerprint density at radius 2 is 1.83 bits per heavy atom. The van der Waals surface area contributed by atoms with Crippen molar-refractivity contribution in [2.24, 2.45) is 0 Å². The van der Waals surface area contributed by atoms with Gasteiger partial charge in [-0.1, -0.05) is 23.5 Å². The van der Waals surface area contributed by atoms with Crippen molar-refractivity contribution in [3.63, 3.8) is 0 Å². The quantitative estimate of drug-likeness (QED) is 0.616. The second kappa shape index (κ2) is 8.94. The molecule has 4 rings (SSSR count). The van der Waals surface area contributed by atoms with Crippen LogP contribution in [-0.2, 0) is 16.0 Å². The van der Waals surface area contributed by atoms with E-state index in [1.54, 1.807) is 23.1 Å². The molecule has 8 heteroatoms.